The summed E-state index contributed by atoms with van der Waals surface area (Å²) in [6.07, 6.45) is -1.30. The molecule has 5 N–H and O–H groups in total. The van der Waals surface area contributed by atoms with E-state index >= 15 is 0 Å². The van der Waals surface area contributed by atoms with Crippen molar-refractivity contribution in [1.29, 1.82) is 0 Å². The number of hydrogen-bond donors (Lipinski definition) is 5. The average molecular weight is 1800 g/mol. The minimum Gasteiger partial charge on any atom is -0.463 e. The Bertz CT molecular complexity index is 4110. The minimum absolute atomic E-state index is 0.0577. The lowest BCUT2D eigenvalue weighted by molar-refractivity contribution is -0.277. The van der Waals surface area contributed by atoms with Gasteiger partial charge in [-0.1, -0.05) is 130 Å². The molecular weight excluding hydrogens is 1670 g/mol. The van der Waals surface area contributed by atoms with Crippen molar-refractivity contribution in [3.63, 3.8) is 0 Å². The highest BCUT2D eigenvalue weighted by atomic mass is 16.7. The number of rotatable bonds is 55. The molecule has 0 saturated carbocycles. The first kappa shape index (κ1) is 106. The van der Waals surface area contributed by atoms with E-state index in [-0.39, 0.29) is 93.0 Å². The SMILES string of the molecule is CC(=O)NC1C(OC(C)=O)=C(OC(C)=O)C(COC(C)=O)O[C@H]1OCCCCCCC(=O)NCCCN(CCCN(CCCNC(=O)CCCCCCO[C@@H]1OC(COC(C)=O)[C@H](OC(C)=O)C(OC(C)=O)C1NC(C)=O)C(c1ccccc1)(c1ccccc1)c1ccccc1)C(=O)CCCCCCO[C@@H]1OC(COC(C)=O)C(OC(C)=O)=C(OC(C)=O)C1NC(C)=O. The van der Waals surface area contributed by atoms with Gasteiger partial charge in [0.2, 0.25) is 35.4 Å². The van der Waals surface area contributed by atoms with E-state index in [1.54, 1.807) is 0 Å². The van der Waals surface area contributed by atoms with Crippen LogP contribution in [0.3, 0.4) is 0 Å². The van der Waals surface area contributed by atoms with Crippen LogP contribution in [-0.4, -0.2) is 245 Å². The van der Waals surface area contributed by atoms with Gasteiger partial charge in [-0.15, -0.1) is 0 Å². The number of unbranched alkanes of at least 4 members (excludes halogenated alkanes) is 9. The van der Waals surface area contributed by atoms with E-state index in [2.05, 4.69) is 67.9 Å². The van der Waals surface area contributed by atoms with Crippen molar-refractivity contribution in [1.82, 2.24) is 36.4 Å². The number of benzene rings is 3. The lowest BCUT2D eigenvalue weighted by Crippen LogP contribution is -2.66. The molecule has 0 radical (unpaired) electrons. The van der Waals surface area contributed by atoms with Gasteiger partial charge in [0.1, 0.15) is 44.1 Å². The Hall–Kier alpha value is -11.1. The molecule has 3 aromatic carbocycles. The second-order valence-corrected chi connectivity index (χ2v) is 31.0. The molecule has 6 amide bonds. The maximum Gasteiger partial charge on any atom is 0.307 e. The van der Waals surface area contributed by atoms with Gasteiger partial charge in [-0.3, -0.25) is 76.8 Å². The van der Waals surface area contributed by atoms with Crippen molar-refractivity contribution in [2.75, 3.05) is 78.9 Å². The fraction of sp³-hybridized carbons (Fsp3) is 0.593. The molecule has 0 aliphatic carbocycles. The summed E-state index contributed by atoms with van der Waals surface area (Å²) in [5, 5.41) is 14.1. The van der Waals surface area contributed by atoms with E-state index < -0.39 is 158 Å². The lowest BCUT2D eigenvalue weighted by Gasteiger charge is -2.46. The maximum absolute atomic E-state index is 14.8. The number of carbonyl (C=O) groups is 15. The van der Waals surface area contributed by atoms with Gasteiger partial charge in [0, 0.05) is 161 Å². The van der Waals surface area contributed by atoms with Crippen LogP contribution in [0.4, 0.5) is 0 Å². The second-order valence-electron chi connectivity index (χ2n) is 31.0. The zero-order valence-corrected chi connectivity index (χ0v) is 75.4. The van der Waals surface area contributed by atoms with Crippen LogP contribution in [0.2, 0.25) is 0 Å². The number of carbonyl (C=O) groups excluding carboxylic acids is 15. The van der Waals surface area contributed by atoms with Gasteiger partial charge in [0.25, 0.3) is 0 Å². The molecule has 706 valence electrons. The summed E-state index contributed by atoms with van der Waals surface area (Å²) in [4.78, 5) is 193. The van der Waals surface area contributed by atoms with E-state index in [0.29, 0.717) is 129 Å². The maximum atomic E-state index is 14.8. The Balaban J connectivity index is 1.14. The van der Waals surface area contributed by atoms with Crippen molar-refractivity contribution in [3.05, 3.63) is 131 Å². The third kappa shape index (κ3) is 36.6. The summed E-state index contributed by atoms with van der Waals surface area (Å²) < 4.78 is 85.1. The molecule has 0 bridgehead atoms. The summed E-state index contributed by atoms with van der Waals surface area (Å²) in [5.41, 5.74) is 2.06. The molecule has 6 rings (SSSR count). The largest absolute Gasteiger partial charge is 0.463 e. The van der Waals surface area contributed by atoms with Crippen molar-refractivity contribution >= 4 is 89.2 Å². The van der Waals surface area contributed by atoms with Crippen LogP contribution >= 0.6 is 0 Å². The van der Waals surface area contributed by atoms with Gasteiger partial charge < -0.3 is 103 Å². The topological polar surface area (TPSA) is 461 Å². The number of amides is 6. The van der Waals surface area contributed by atoms with Crippen molar-refractivity contribution in [2.45, 2.75) is 272 Å². The monoisotopic (exact) mass is 1800 g/mol. The standard InChI is InChI=1S/C91H127N7O30/c1-58(99)94-79-85(123-67(10)108)82(120-64(7)105)73(55-117-61(4)102)126-88(79)114-52-31-16-13-28-43-76(111)92-46-34-48-97(78(113)45-30-15-18-33-54-116-90-81(96-60(3)101)87(125-69(12)110)84(122-66(9)107)75(128-90)57-119-63(6)104)49-36-51-98(91(70-37-22-19-23-38-70,71-39-24-20-25-40-71)72-41-26-21-27-42-72)50-35-47-93-77(112)44-29-14-17-32-53-115-89-80(95-59(2)100)86(124-68(11)109)83(121-65(8)106)74(127-89)56-118-62(5)103/h19-27,37-42,73-75,79-81,83,86,88-90H,13-18,28-36,43-57H2,1-12H3,(H,92,111)(H,93,112)(H,94,99)(H,95,100)(H,96,101)/t73?,74?,75?,79?,80?,81?,83-,86?,88+,89+,90+/m0/s1. The molecule has 3 aromatic rings. The molecule has 7 unspecified atom stereocenters. The van der Waals surface area contributed by atoms with Gasteiger partial charge in [-0.2, -0.15) is 0 Å². The molecule has 37 heteroatoms. The van der Waals surface area contributed by atoms with Crippen molar-refractivity contribution in [3.8, 4) is 0 Å². The summed E-state index contributed by atoms with van der Waals surface area (Å²) in [5.74, 6) is -9.78. The normalized spacial score (nSPS) is 19.6. The number of hydrogen-bond acceptors (Lipinski definition) is 31. The first-order chi connectivity index (χ1) is 61.2. The molecule has 0 spiro atoms. The van der Waals surface area contributed by atoms with Gasteiger partial charge in [0.15, 0.2) is 66.3 Å². The summed E-state index contributed by atoms with van der Waals surface area (Å²) in [6, 6.07) is 26.9. The highest BCUT2D eigenvalue weighted by molar-refractivity contribution is 5.79. The van der Waals surface area contributed by atoms with Gasteiger partial charge in [-0.05, 0) is 74.5 Å². The van der Waals surface area contributed by atoms with Gasteiger partial charge in [-0.25, -0.2) is 0 Å². The number of nitrogens with zero attached hydrogens (tertiary/aromatic N) is 2. The van der Waals surface area contributed by atoms with E-state index in [0.717, 1.165) is 58.2 Å². The minimum atomic E-state index is -1.31. The Morgan fingerprint density at radius 3 is 1.09 bits per heavy atom. The first-order valence-electron chi connectivity index (χ1n) is 43.5. The van der Waals surface area contributed by atoms with E-state index in [4.69, 9.17) is 71.1 Å². The molecule has 1 saturated heterocycles. The zero-order valence-electron chi connectivity index (χ0n) is 75.4. The lowest BCUT2D eigenvalue weighted by atomic mass is 9.75. The van der Waals surface area contributed by atoms with Crippen molar-refractivity contribution < 1.29 is 143 Å². The predicted octanol–water partition coefficient (Wildman–Crippen LogP) is 7.33. The summed E-state index contributed by atoms with van der Waals surface area (Å²) in [6.45, 7) is 15.1. The zero-order chi connectivity index (χ0) is 93.7. The molecule has 37 nitrogen and oxygen atoms in total. The van der Waals surface area contributed by atoms with Crippen LogP contribution in [0, 0.1) is 0 Å². The van der Waals surface area contributed by atoms with Crippen LogP contribution in [0.1, 0.15) is 215 Å². The highest BCUT2D eigenvalue weighted by Crippen LogP contribution is 2.43. The number of ether oxygens (including phenoxy) is 15. The fourth-order valence-electron chi connectivity index (χ4n) is 15.1. The molecule has 3 heterocycles. The van der Waals surface area contributed by atoms with E-state index in [1.807, 2.05) is 59.5 Å². The van der Waals surface area contributed by atoms with E-state index in [1.165, 1.54) is 41.5 Å². The smallest absolute Gasteiger partial charge is 0.307 e. The number of esters is 9. The molecule has 11 atom stereocenters. The van der Waals surface area contributed by atoms with Crippen molar-refractivity contribution in [2.24, 2.45) is 0 Å². The van der Waals surface area contributed by atoms with Crippen LogP contribution in [-0.2, 0) is 149 Å². The summed E-state index contributed by atoms with van der Waals surface area (Å²) >= 11 is 0. The molecule has 3 aliphatic heterocycles. The summed E-state index contributed by atoms with van der Waals surface area (Å²) in [7, 11) is 0. The fourth-order valence-corrected chi connectivity index (χ4v) is 15.1. The Morgan fingerprint density at radius 2 is 0.695 bits per heavy atom. The Kier molecular flexibility index (Phi) is 46.5. The van der Waals surface area contributed by atoms with Crippen LogP contribution in [0.15, 0.2) is 114 Å². The van der Waals surface area contributed by atoms with Crippen LogP contribution < -0.4 is 26.6 Å². The number of nitrogens with one attached hydrogen (secondary N) is 5. The quantitative estimate of drug-likeness (QED) is 0.0160. The predicted molar refractivity (Wildman–Crippen MR) is 455 cm³/mol. The van der Waals surface area contributed by atoms with Crippen LogP contribution in [0.25, 0.3) is 0 Å². The van der Waals surface area contributed by atoms with E-state index in [9.17, 15) is 71.9 Å². The van der Waals surface area contributed by atoms with Gasteiger partial charge >= 0.3 is 53.7 Å². The second kappa shape index (κ2) is 56.3. The average Bonchev–Trinajstić information content (AvgIpc) is 0.745. The third-order valence-corrected chi connectivity index (χ3v) is 20.3. The molecule has 1 fully saturated rings. The van der Waals surface area contributed by atoms with Gasteiger partial charge in [0.05, 0.1) is 5.54 Å². The molecular formula is C91H127N7O30. The Labute approximate surface area is 746 Å². The molecule has 3 aliphatic rings. The van der Waals surface area contributed by atoms with Crippen LogP contribution in [0.5, 0.6) is 0 Å². The Morgan fingerprint density at radius 1 is 0.344 bits per heavy atom. The third-order valence-electron chi connectivity index (χ3n) is 20.3. The first-order valence-corrected chi connectivity index (χ1v) is 43.5. The molecule has 128 heavy (non-hydrogen) atoms. The molecule has 0 aromatic heterocycles. The highest BCUT2D eigenvalue weighted by Gasteiger charge is 2.52.